The summed E-state index contributed by atoms with van der Waals surface area (Å²) in [6.07, 6.45) is 4.71. The Balaban J connectivity index is 1.81. The Morgan fingerprint density at radius 2 is 2.10 bits per heavy atom. The minimum absolute atomic E-state index is 0.0342. The van der Waals surface area contributed by atoms with Crippen molar-refractivity contribution in [3.8, 4) is 0 Å². The van der Waals surface area contributed by atoms with Gasteiger partial charge in [0.15, 0.2) is 0 Å². The van der Waals surface area contributed by atoms with Crippen LogP contribution in [0, 0.1) is 6.92 Å². The Hall–Kier alpha value is -2.14. The standard InChI is InChI=1S/C15H19N3O2/c1-12-10-16-18(11-12)8-6-15(20)17-14-4-2-13(3-5-14)7-9-19/h2-5,10-11,19H,6-9H2,1H3,(H,17,20). The van der Waals surface area contributed by atoms with Gasteiger partial charge in [-0.3, -0.25) is 9.48 Å². The van der Waals surface area contributed by atoms with Crippen LogP contribution in [0.25, 0.3) is 0 Å². The molecule has 0 saturated carbocycles. The van der Waals surface area contributed by atoms with Crippen LogP contribution >= 0.6 is 0 Å². The first-order valence-corrected chi connectivity index (χ1v) is 6.66. The summed E-state index contributed by atoms with van der Waals surface area (Å²) >= 11 is 0. The number of aryl methyl sites for hydroxylation is 2. The van der Waals surface area contributed by atoms with Gasteiger partial charge in [-0.05, 0) is 36.6 Å². The van der Waals surface area contributed by atoms with Crippen molar-refractivity contribution in [2.75, 3.05) is 11.9 Å². The number of aromatic nitrogens is 2. The van der Waals surface area contributed by atoms with E-state index < -0.39 is 0 Å². The summed E-state index contributed by atoms with van der Waals surface area (Å²) in [5.41, 5.74) is 2.91. The monoisotopic (exact) mass is 273 g/mol. The van der Waals surface area contributed by atoms with Gasteiger partial charge >= 0.3 is 0 Å². The van der Waals surface area contributed by atoms with Crippen molar-refractivity contribution in [2.24, 2.45) is 0 Å². The Labute approximate surface area is 118 Å². The van der Waals surface area contributed by atoms with E-state index in [4.69, 9.17) is 5.11 Å². The number of hydrogen-bond acceptors (Lipinski definition) is 3. The summed E-state index contributed by atoms with van der Waals surface area (Å²) in [5.74, 6) is -0.0342. The van der Waals surface area contributed by atoms with Crippen molar-refractivity contribution in [1.82, 2.24) is 9.78 Å². The first-order valence-electron chi connectivity index (χ1n) is 6.66. The number of amides is 1. The predicted octanol–water partition coefficient (Wildman–Crippen LogP) is 1.76. The minimum atomic E-state index is -0.0342. The van der Waals surface area contributed by atoms with E-state index in [1.165, 1.54) is 0 Å². The number of hydrogen-bond donors (Lipinski definition) is 2. The van der Waals surface area contributed by atoms with Crippen molar-refractivity contribution in [3.05, 3.63) is 47.8 Å². The van der Waals surface area contributed by atoms with Gasteiger partial charge in [-0.1, -0.05) is 12.1 Å². The third kappa shape index (κ3) is 4.20. The molecular formula is C15H19N3O2. The SMILES string of the molecule is Cc1cnn(CCC(=O)Nc2ccc(CCO)cc2)c1. The molecular weight excluding hydrogens is 254 g/mol. The van der Waals surface area contributed by atoms with Gasteiger partial charge in [-0.15, -0.1) is 0 Å². The second-order valence-electron chi connectivity index (χ2n) is 4.75. The Kier molecular flexibility index (Phi) is 4.90. The molecule has 0 bridgehead atoms. The van der Waals surface area contributed by atoms with Crippen molar-refractivity contribution in [3.63, 3.8) is 0 Å². The molecule has 1 aromatic heterocycles. The molecule has 2 aromatic rings. The molecule has 0 saturated heterocycles. The highest BCUT2D eigenvalue weighted by atomic mass is 16.2. The van der Waals surface area contributed by atoms with E-state index in [1.807, 2.05) is 37.4 Å². The lowest BCUT2D eigenvalue weighted by atomic mass is 10.1. The highest BCUT2D eigenvalue weighted by Crippen LogP contribution is 2.10. The highest BCUT2D eigenvalue weighted by molar-refractivity contribution is 5.90. The van der Waals surface area contributed by atoms with E-state index in [0.717, 1.165) is 16.8 Å². The first kappa shape index (κ1) is 14.3. The van der Waals surface area contributed by atoms with Crippen LogP contribution < -0.4 is 5.32 Å². The number of anilines is 1. The molecule has 0 aliphatic carbocycles. The van der Waals surface area contributed by atoms with Gasteiger partial charge in [-0.2, -0.15) is 5.10 Å². The van der Waals surface area contributed by atoms with Crippen molar-refractivity contribution in [2.45, 2.75) is 26.3 Å². The van der Waals surface area contributed by atoms with E-state index in [-0.39, 0.29) is 12.5 Å². The molecule has 0 radical (unpaired) electrons. The Bertz CT molecular complexity index is 561. The minimum Gasteiger partial charge on any atom is -0.396 e. The predicted molar refractivity (Wildman–Crippen MR) is 77.4 cm³/mol. The van der Waals surface area contributed by atoms with E-state index in [0.29, 0.717) is 19.4 Å². The summed E-state index contributed by atoms with van der Waals surface area (Å²) in [6.45, 7) is 2.68. The molecule has 5 heteroatoms. The van der Waals surface area contributed by atoms with Crippen LogP contribution in [-0.2, 0) is 17.8 Å². The van der Waals surface area contributed by atoms with E-state index in [9.17, 15) is 4.79 Å². The lowest BCUT2D eigenvalue weighted by molar-refractivity contribution is -0.116. The van der Waals surface area contributed by atoms with Crippen LogP contribution in [0.1, 0.15) is 17.5 Å². The summed E-state index contributed by atoms with van der Waals surface area (Å²) in [5, 5.41) is 15.8. The quantitative estimate of drug-likeness (QED) is 0.842. The van der Waals surface area contributed by atoms with Crippen molar-refractivity contribution < 1.29 is 9.90 Å². The van der Waals surface area contributed by atoms with Gasteiger partial charge in [0.25, 0.3) is 0 Å². The normalized spacial score (nSPS) is 10.5. The van der Waals surface area contributed by atoms with Crippen LogP contribution in [0.2, 0.25) is 0 Å². The summed E-state index contributed by atoms with van der Waals surface area (Å²) in [7, 11) is 0. The molecule has 0 unspecified atom stereocenters. The fourth-order valence-corrected chi connectivity index (χ4v) is 1.91. The molecule has 1 amide bonds. The van der Waals surface area contributed by atoms with E-state index >= 15 is 0 Å². The number of carbonyl (C=O) groups excluding carboxylic acids is 1. The van der Waals surface area contributed by atoms with Gasteiger partial charge in [0.2, 0.25) is 5.91 Å². The maximum absolute atomic E-state index is 11.8. The summed E-state index contributed by atoms with van der Waals surface area (Å²) < 4.78 is 1.76. The number of nitrogens with one attached hydrogen (secondary N) is 1. The molecule has 0 fully saturated rings. The number of rotatable bonds is 6. The van der Waals surface area contributed by atoms with Gasteiger partial charge < -0.3 is 10.4 Å². The van der Waals surface area contributed by atoms with Gasteiger partial charge in [0.05, 0.1) is 6.20 Å². The Morgan fingerprint density at radius 3 is 2.70 bits per heavy atom. The third-order valence-corrected chi connectivity index (χ3v) is 2.97. The molecule has 2 N–H and O–H groups in total. The zero-order valence-corrected chi connectivity index (χ0v) is 11.5. The molecule has 1 heterocycles. The molecule has 106 valence electrons. The topological polar surface area (TPSA) is 67.2 Å². The zero-order chi connectivity index (χ0) is 14.4. The molecule has 0 aliphatic rings. The lowest BCUT2D eigenvalue weighted by Gasteiger charge is -2.06. The molecule has 0 spiro atoms. The van der Waals surface area contributed by atoms with Crippen LogP contribution in [0.4, 0.5) is 5.69 Å². The summed E-state index contributed by atoms with van der Waals surface area (Å²) in [6, 6.07) is 7.51. The largest absolute Gasteiger partial charge is 0.396 e. The van der Waals surface area contributed by atoms with Crippen LogP contribution in [-0.4, -0.2) is 27.4 Å². The number of benzene rings is 1. The number of carbonyl (C=O) groups is 1. The Morgan fingerprint density at radius 1 is 1.35 bits per heavy atom. The number of aliphatic hydroxyl groups excluding tert-OH is 1. The number of nitrogens with zero attached hydrogens (tertiary/aromatic N) is 2. The second-order valence-corrected chi connectivity index (χ2v) is 4.75. The van der Waals surface area contributed by atoms with Crippen molar-refractivity contribution >= 4 is 11.6 Å². The molecule has 0 aliphatic heterocycles. The maximum Gasteiger partial charge on any atom is 0.226 e. The average Bonchev–Trinajstić information content (AvgIpc) is 2.85. The van der Waals surface area contributed by atoms with Gasteiger partial charge in [-0.25, -0.2) is 0 Å². The number of aliphatic hydroxyl groups is 1. The average molecular weight is 273 g/mol. The smallest absolute Gasteiger partial charge is 0.226 e. The lowest BCUT2D eigenvalue weighted by Crippen LogP contribution is -2.14. The molecule has 20 heavy (non-hydrogen) atoms. The van der Waals surface area contributed by atoms with Crippen LogP contribution in [0.15, 0.2) is 36.7 Å². The van der Waals surface area contributed by atoms with E-state index in [2.05, 4.69) is 10.4 Å². The fourth-order valence-electron chi connectivity index (χ4n) is 1.91. The highest BCUT2D eigenvalue weighted by Gasteiger charge is 2.03. The zero-order valence-electron chi connectivity index (χ0n) is 11.5. The van der Waals surface area contributed by atoms with Crippen LogP contribution in [0.5, 0.6) is 0 Å². The van der Waals surface area contributed by atoms with Gasteiger partial charge in [0.1, 0.15) is 0 Å². The second kappa shape index (κ2) is 6.86. The molecule has 5 nitrogen and oxygen atoms in total. The first-order chi connectivity index (χ1) is 9.67. The third-order valence-electron chi connectivity index (χ3n) is 2.97. The molecule has 2 rings (SSSR count). The van der Waals surface area contributed by atoms with Crippen molar-refractivity contribution in [1.29, 1.82) is 0 Å². The summed E-state index contributed by atoms with van der Waals surface area (Å²) in [4.78, 5) is 11.8. The molecule has 0 atom stereocenters. The molecule has 1 aromatic carbocycles. The van der Waals surface area contributed by atoms with Crippen LogP contribution in [0.3, 0.4) is 0 Å². The fraction of sp³-hybridized carbons (Fsp3) is 0.333. The maximum atomic E-state index is 11.8. The van der Waals surface area contributed by atoms with E-state index in [1.54, 1.807) is 10.9 Å². The van der Waals surface area contributed by atoms with Gasteiger partial charge in [0, 0.05) is 31.5 Å².